The van der Waals surface area contributed by atoms with E-state index in [0.29, 0.717) is 0 Å². The van der Waals surface area contributed by atoms with Crippen LogP contribution in [0.15, 0.2) is 91.5 Å². The molecule has 5 rings (SSSR count). The van der Waals surface area contributed by atoms with Gasteiger partial charge in [0.15, 0.2) is 0 Å². The van der Waals surface area contributed by atoms with Crippen LogP contribution in [0, 0.1) is 0 Å². The van der Waals surface area contributed by atoms with E-state index in [9.17, 15) is 105 Å². The number of aryl methyl sites for hydroxylation is 2. The molecule has 0 aliphatic heterocycles. The number of benzene rings is 4. The maximum Gasteiger partial charge on any atom is 0.416 e. The Labute approximate surface area is 361 Å². The second-order valence-electron chi connectivity index (χ2n) is 14.9. The molecule has 0 aliphatic carbocycles. The van der Waals surface area contributed by atoms with Crippen molar-refractivity contribution >= 4 is 28.0 Å². The first-order valence-corrected chi connectivity index (χ1v) is 18.5. The number of hydrogen-bond donors (Lipinski definition) is 0. The van der Waals surface area contributed by atoms with Crippen LogP contribution in [-0.4, -0.2) is 10.7 Å². The predicted molar refractivity (Wildman–Crippen MR) is 191 cm³/mol. The lowest BCUT2D eigenvalue weighted by atomic mass is 9.12. The number of imidazole rings is 1. The highest BCUT2D eigenvalue weighted by molar-refractivity contribution is 7.20. The van der Waals surface area contributed by atoms with E-state index in [1.807, 2.05) is 7.05 Å². The first-order valence-electron chi connectivity index (χ1n) is 18.5. The molecule has 2 nitrogen and oxygen atoms in total. The van der Waals surface area contributed by atoms with Crippen LogP contribution in [0.3, 0.4) is 0 Å². The van der Waals surface area contributed by atoms with Crippen LogP contribution in [0.25, 0.3) is 0 Å². The third-order valence-electron chi connectivity index (χ3n) is 10.0. The lowest BCUT2D eigenvalue weighted by Crippen LogP contribution is -2.75. The molecule has 0 spiro atoms. The molecule has 368 valence electrons. The molecule has 67 heavy (non-hydrogen) atoms. The van der Waals surface area contributed by atoms with Crippen LogP contribution in [0.4, 0.5) is 105 Å². The smallest absolute Gasteiger partial charge is 0.240 e. The van der Waals surface area contributed by atoms with E-state index in [0.717, 1.165) is 6.54 Å². The first-order chi connectivity index (χ1) is 30.1. The van der Waals surface area contributed by atoms with Gasteiger partial charge >= 0.3 is 49.4 Å². The van der Waals surface area contributed by atoms with E-state index in [2.05, 4.69) is 34.8 Å². The third-order valence-corrected chi connectivity index (χ3v) is 10.0. The fourth-order valence-electron chi connectivity index (χ4n) is 7.05. The van der Waals surface area contributed by atoms with Gasteiger partial charge in [-0.1, -0.05) is 61.9 Å². The number of unbranched alkanes of at least 4 members (excludes halogenated alkanes) is 1. The monoisotopic (exact) mass is 1000 g/mol. The van der Waals surface area contributed by atoms with Gasteiger partial charge in [0.2, 0.25) is 6.33 Å². The maximum atomic E-state index is 14.2. The van der Waals surface area contributed by atoms with Gasteiger partial charge in [0.1, 0.15) is 18.5 Å². The van der Waals surface area contributed by atoms with Crippen molar-refractivity contribution in [3.05, 3.63) is 136 Å². The van der Waals surface area contributed by atoms with Gasteiger partial charge in [-0.05, 0) is 30.7 Å². The minimum atomic E-state index is -6.13. The summed E-state index contributed by atoms with van der Waals surface area (Å²) in [5.74, 6) is 0. The maximum absolute atomic E-state index is 14.2. The van der Waals surface area contributed by atoms with Crippen LogP contribution >= 0.6 is 0 Å². The van der Waals surface area contributed by atoms with Crippen molar-refractivity contribution in [2.45, 2.75) is 75.7 Å². The highest BCUT2D eigenvalue weighted by Crippen LogP contribution is 2.41. The van der Waals surface area contributed by atoms with Crippen molar-refractivity contribution in [3.8, 4) is 0 Å². The second kappa shape index (κ2) is 18.2. The van der Waals surface area contributed by atoms with Crippen molar-refractivity contribution in [1.82, 2.24) is 4.57 Å². The molecule has 0 unspecified atom stereocenters. The molecule has 0 radical (unpaired) electrons. The Bertz CT molecular complexity index is 2090. The molecule has 27 heteroatoms. The summed E-state index contributed by atoms with van der Waals surface area (Å²) in [4.78, 5) is 0. The Morgan fingerprint density at radius 3 is 0.731 bits per heavy atom. The van der Waals surface area contributed by atoms with Crippen molar-refractivity contribution in [1.29, 1.82) is 0 Å². The molecule has 4 aromatic carbocycles. The number of rotatable bonds is 7. The zero-order valence-electron chi connectivity index (χ0n) is 33.3. The number of nitrogens with zero attached hydrogens (tertiary/aromatic N) is 2. The summed E-state index contributed by atoms with van der Waals surface area (Å²) in [6.45, 7) is 3.36. The fourth-order valence-corrected chi connectivity index (χ4v) is 7.05. The number of hydrogen-bond acceptors (Lipinski definition) is 0. The number of halogens is 24. The predicted octanol–water partition coefficient (Wildman–Crippen LogP) is 12.3. The van der Waals surface area contributed by atoms with Crippen LogP contribution in [-0.2, 0) is 63.0 Å². The average Bonchev–Trinajstić information content (AvgIpc) is 3.59. The topological polar surface area (TPSA) is 8.81 Å². The summed E-state index contributed by atoms with van der Waals surface area (Å²) in [6, 6.07) is -8.81. The zero-order valence-corrected chi connectivity index (χ0v) is 33.3. The van der Waals surface area contributed by atoms with Crippen LogP contribution in [0.2, 0.25) is 0 Å². The van der Waals surface area contributed by atoms with Crippen LogP contribution in [0.5, 0.6) is 0 Å². The van der Waals surface area contributed by atoms with Crippen molar-refractivity contribution in [3.63, 3.8) is 0 Å². The summed E-state index contributed by atoms with van der Waals surface area (Å²) < 4.78 is 345. The summed E-state index contributed by atoms with van der Waals surface area (Å²) in [5.41, 5.74) is -30.2. The quantitative estimate of drug-likeness (QED) is 0.0873. The minimum absolute atomic E-state index is 0.691. The molecule has 0 saturated heterocycles. The van der Waals surface area contributed by atoms with Crippen molar-refractivity contribution in [2.75, 3.05) is 0 Å². The molecule has 5 aromatic rings. The molecule has 0 saturated carbocycles. The Balaban J connectivity index is 0.000000865. The first kappa shape index (κ1) is 54.1. The van der Waals surface area contributed by atoms with Gasteiger partial charge in [0.25, 0.3) is 0 Å². The normalized spacial score (nSPS) is 13.7. The number of alkyl halides is 24. The lowest BCUT2D eigenvalue weighted by Gasteiger charge is -2.46. The Morgan fingerprint density at radius 2 is 0.582 bits per heavy atom. The highest BCUT2D eigenvalue weighted by atomic mass is 19.4. The molecule has 0 bridgehead atoms. The van der Waals surface area contributed by atoms with Crippen molar-refractivity contribution in [2.24, 2.45) is 7.05 Å². The molecule has 0 atom stereocenters. The molecule has 0 amide bonds. The Kier molecular flexibility index (Phi) is 14.7. The molecule has 1 aromatic heterocycles. The van der Waals surface area contributed by atoms with Crippen LogP contribution in [0.1, 0.15) is 64.3 Å². The van der Waals surface area contributed by atoms with E-state index in [1.165, 1.54) is 12.8 Å². The Morgan fingerprint density at radius 1 is 0.373 bits per heavy atom. The molecule has 0 N–H and O–H groups in total. The fraction of sp³-hybridized carbons (Fsp3) is 0.325. The van der Waals surface area contributed by atoms with Gasteiger partial charge in [-0.25, -0.2) is 9.13 Å². The second-order valence-corrected chi connectivity index (χ2v) is 14.9. The summed E-state index contributed by atoms with van der Waals surface area (Å²) in [7, 11) is 2.04. The van der Waals surface area contributed by atoms with E-state index in [1.54, 1.807) is 0 Å². The molecule has 1 heterocycles. The third kappa shape index (κ3) is 12.7. The zero-order chi connectivity index (χ0) is 51.3. The van der Waals surface area contributed by atoms with Gasteiger partial charge in [0, 0.05) is 0 Å². The largest absolute Gasteiger partial charge is 0.416 e. The summed E-state index contributed by atoms with van der Waals surface area (Å²) >= 11 is 0. The van der Waals surface area contributed by atoms with Gasteiger partial charge in [-0.3, -0.25) is 0 Å². The van der Waals surface area contributed by atoms with E-state index in [4.69, 9.17) is 0 Å². The van der Waals surface area contributed by atoms with Gasteiger partial charge in [-0.15, -0.1) is 0 Å². The Hall–Kier alpha value is -5.53. The van der Waals surface area contributed by atoms with E-state index in [-0.39, 0.29) is 0 Å². The highest BCUT2D eigenvalue weighted by Gasteiger charge is 2.47. The van der Waals surface area contributed by atoms with Gasteiger partial charge < -0.3 is 0 Å². The summed E-state index contributed by atoms with van der Waals surface area (Å²) in [6.07, 6.45) is -46.0. The standard InChI is InChI=1S/C32H12BF24.C8H15N2/c34-25(35,36)13-1-14(26(37,38)39)6-21(5-13)33(22-7-15(27(40,41)42)2-16(8-22)28(43,44)45,23-9-17(29(46,47)48)3-18(10-23)30(49,50)51)24-11-19(31(52,53)54)4-20(12-24)32(55,56)57;1-3-4-5-10-7-6-9(2)8-10/h1-12H;6-8H,3-5H2,1-2H3/q-1;+1. The molecular weight excluding hydrogens is 975 g/mol. The summed E-state index contributed by atoms with van der Waals surface area (Å²) in [5, 5.41) is 0. The van der Waals surface area contributed by atoms with E-state index < -0.39 is 195 Å². The number of aromatic nitrogens is 2. The van der Waals surface area contributed by atoms with Gasteiger partial charge in [-0.2, -0.15) is 127 Å². The minimum Gasteiger partial charge on any atom is -0.240 e. The molecule has 0 fully saturated rings. The SMILES string of the molecule is CCCCn1cc[n+](C)c1.FC(F)(F)c1cc([B-](c2cc(C(F)(F)F)cc(C(F)(F)F)c2)(c2cc(C(F)(F)F)cc(C(F)(F)F)c2)c2cc(C(F)(F)F)cc(C(F)(F)F)c2)cc(C(F)(F)F)c1. The molecular formula is C40H27BF24N2. The van der Waals surface area contributed by atoms with Crippen LogP contribution < -0.4 is 26.4 Å². The van der Waals surface area contributed by atoms with Gasteiger partial charge in [0.05, 0.1) is 58.1 Å². The van der Waals surface area contributed by atoms with Crippen molar-refractivity contribution < 1.29 is 110 Å². The average molecular weight is 1000 g/mol. The molecule has 0 aliphatic rings. The lowest BCUT2D eigenvalue weighted by molar-refractivity contribution is -0.671. The van der Waals surface area contributed by atoms with E-state index >= 15 is 0 Å².